The number of aromatic nitrogens is 2. The number of carbonyl (C=O) groups is 2. The van der Waals surface area contributed by atoms with Crippen LogP contribution in [0, 0.1) is 0 Å². The lowest BCUT2D eigenvalue weighted by Crippen LogP contribution is -2.32. The van der Waals surface area contributed by atoms with E-state index in [2.05, 4.69) is 28.3 Å². The van der Waals surface area contributed by atoms with Gasteiger partial charge in [-0.05, 0) is 49.9 Å². The summed E-state index contributed by atoms with van der Waals surface area (Å²) in [6.07, 6.45) is 7.73. The summed E-state index contributed by atoms with van der Waals surface area (Å²) in [5.41, 5.74) is 2.27. The second kappa shape index (κ2) is 11.6. The van der Waals surface area contributed by atoms with Crippen LogP contribution in [0.2, 0.25) is 0 Å². The van der Waals surface area contributed by atoms with E-state index < -0.39 is 11.9 Å². The van der Waals surface area contributed by atoms with Crippen molar-refractivity contribution in [1.29, 1.82) is 0 Å². The molecule has 5 N–H and O–H groups in total. The minimum atomic E-state index is -1.82. The lowest BCUT2D eigenvalue weighted by molar-refractivity contribution is -0.159. The summed E-state index contributed by atoms with van der Waals surface area (Å²) in [4.78, 5) is 25.5. The number of phenols is 1. The number of carboxylic acids is 2. The normalized spacial score (nSPS) is 11.3. The van der Waals surface area contributed by atoms with Gasteiger partial charge in [-0.25, -0.2) is 14.6 Å². The molecule has 1 unspecified atom stereocenters. The van der Waals surface area contributed by atoms with Crippen LogP contribution in [-0.4, -0.2) is 49.8 Å². The Kier molecular flexibility index (Phi) is 9.48. The van der Waals surface area contributed by atoms with Gasteiger partial charge in [-0.3, -0.25) is 0 Å². The molecule has 2 rings (SSSR count). The summed E-state index contributed by atoms with van der Waals surface area (Å²) in [5, 5.41) is 27.9. The molecular weight excluding hydrogens is 338 g/mol. The summed E-state index contributed by atoms with van der Waals surface area (Å²) in [7, 11) is 0. The van der Waals surface area contributed by atoms with Gasteiger partial charge in [0.1, 0.15) is 5.75 Å². The minimum absolute atomic E-state index is 0.337. The van der Waals surface area contributed by atoms with Gasteiger partial charge < -0.3 is 25.6 Å². The van der Waals surface area contributed by atoms with Gasteiger partial charge in [0.2, 0.25) is 0 Å². The van der Waals surface area contributed by atoms with E-state index in [0.29, 0.717) is 11.8 Å². The molecule has 0 aliphatic heterocycles. The molecule has 0 saturated heterocycles. The minimum Gasteiger partial charge on any atom is -0.508 e. The zero-order chi connectivity index (χ0) is 19.4. The maximum atomic E-state index is 9.55. The van der Waals surface area contributed by atoms with Crippen molar-refractivity contribution in [3.8, 4) is 5.75 Å². The number of phenolic OH excluding ortho intramolecular Hbond substituents is 1. The molecule has 0 aliphatic rings. The van der Waals surface area contributed by atoms with E-state index in [-0.39, 0.29) is 0 Å². The summed E-state index contributed by atoms with van der Waals surface area (Å²) >= 11 is 0. The second-order valence-electron chi connectivity index (χ2n) is 5.73. The van der Waals surface area contributed by atoms with Crippen molar-refractivity contribution >= 4 is 11.9 Å². The molecule has 0 amide bonds. The zero-order valence-corrected chi connectivity index (χ0v) is 14.7. The number of nitrogens with one attached hydrogen (secondary N) is 2. The van der Waals surface area contributed by atoms with Gasteiger partial charge in [-0.15, -0.1) is 0 Å². The van der Waals surface area contributed by atoms with Gasteiger partial charge in [0, 0.05) is 12.2 Å². The zero-order valence-electron chi connectivity index (χ0n) is 14.7. The molecule has 0 bridgehead atoms. The Bertz CT molecular complexity index is 661. The number of aromatic hydroxyl groups is 1. The van der Waals surface area contributed by atoms with E-state index in [4.69, 9.17) is 19.8 Å². The smallest absolute Gasteiger partial charge is 0.414 e. The summed E-state index contributed by atoms with van der Waals surface area (Å²) < 4.78 is 0. The predicted molar refractivity (Wildman–Crippen MR) is 96.1 cm³/mol. The van der Waals surface area contributed by atoms with Crippen molar-refractivity contribution < 1.29 is 24.9 Å². The molecule has 1 aromatic carbocycles. The number of aromatic amines is 1. The molecule has 1 heterocycles. The Hall–Kier alpha value is -2.87. The Morgan fingerprint density at radius 2 is 2.00 bits per heavy atom. The van der Waals surface area contributed by atoms with Crippen LogP contribution < -0.4 is 5.32 Å². The van der Waals surface area contributed by atoms with Crippen LogP contribution in [0.3, 0.4) is 0 Å². The lowest BCUT2D eigenvalue weighted by atomic mass is 10.0. The molecule has 1 atom stereocenters. The fraction of sp³-hybridized carbons (Fsp3) is 0.389. The maximum Gasteiger partial charge on any atom is 0.414 e. The fourth-order valence-electron chi connectivity index (χ4n) is 2.34. The number of imidazole rings is 1. The standard InChI is InChI=1S/C16H23N3O.C2H2O4/c1-2-8-18-14(6-7-15-11-17-12-19-15)9-13-4-3-5-16(20)10-13;3-1(4)2(5)6/h3-5,10-12,14,18,20H,2,6-9H2,1H3,(H,17,19);(H,3,4)(H,5,6). The van der Waals surface area contributed by atoms with Crippen LogP contribution in [0.4, 0.5) is 0 Å². The number of aryl methyl sites for hydroxylation is 1. The SMILES string of the molecule is CCCNC(CCc1c[nH]cn1)Cc1cccc(O)c1.O=C(O)C(=O)O. The van der Waals surface area contributed by atoms with E-state index >= 15 is 0 Å². The first-order valence-corrected chi connectivity index (χ1v) is 8.37. The van der Waals surface area contributed by atoms with Gasteiger partial charge in [0.25, 0.3) is 0 Å². The van der Waals surface area contributed by atoms with Gasteiger partial charge in [0.05, 0.1) is 12.0 Å². The Morgan fingerprint density at radius 3 is 2.54 bits per heavy atom. The Morgan fingerprint density at radius 1 is 1.27 bits per heavy atom. The molecule has 0 aliphatic carbocycles. The highest BCUT2D eigenvalue weighted by Gasteiger charge is 2.10. The van der Waals surface area contributed by atoms with Crippen molar-refractivity contribution in [2.45, 2.75) is 38.6 Å². The largest absolute Gasteiger partial charge is 0.508 e. The highest BCUT2D eigenvalue weighted by Crippen LogP contribution is 2.14. The molecule has 0 spiro atoms. The number of H-pyrrole nitrogens is 1. The fourth-order valence-corrected chi connectivity index (χ4v) is 2.34. The van der Waals surface area contributed by atoms with Gasteiger partial charge in [-0.2, -0.15) is 0 Å². The summed E-state index contributed by atoms with van der Waals surface area (Å²) in [5.74, 6) is -3.31. The average Bonchev–Trinajstić information content (AvgIpc) is 3.11. The first kappa shape index (κ1) is 21.2. The van der Waals surface area contributed by atoms with E-state index in [1.165, 1.54) is 5.56 Å². The Balaban J connectivity index is 0.000000487. The molecule has 0 saturated carbocycles. The first-order valence-electron chi connectivity index (χ1n) is 8.37. The van der Waals surface area contributed by atoms with Crippen molar-refractivity contribution in [3.05, 3.63) is 48.0 Å². The third kappa shape index (κ3) is 8.84. The van der Waals surface area contributed by atoms with Crippen LogP contribution in [0.5, 0.6) is 5.75 Å². The molecule has 142 valence electrons. The average molecular weight is 363 g/mol. The molecule has 8 nitrogen and oxygen atoms in total. The third-order valence-electron chi connectivity index (χ3n) is 3.56. The first-order chi connectivity index (χ1) is 12.4. The van der Waals surface area contributed by atoms with Gasteiger partial charge in [-0.1, -0.05) is 19.1 Å². The maximum absolute atomic E-state index is 9.55. The Labute approximate surface area is 151 Å². The second-order valence-corrected chi connectivity index (χ2v) is 5.73. The topological polar surface area (TPSA) is 136 Å². The number of benzene rings is 1. The van der Waals surface area contributed by atoms with Crippen molar-refractivity contribution in [2.24, 2.45) is 0 Å². The number of carboxylic acid groups (broad SMARTS) is 2. The van der Waals surface area contributed by atoms with E-state index in [0.717, 1.165) is 37.9 Å². The van der Waals surface area contributed by atoms with Crippen molar-refractivity contribution in [3.63, 3.8) is 0 Å². The number of aliphatic carboxylic acids is 2. The van der Waals surface area contributed by atoms with Crippen LogP contribution >= 0.6 is 0 Å². The molecule has 8 heteroatoms. The molecule has 0 fully saturated rings. The summed E-state index contributed by atoms with van der Waals surface area (Å²) in [6, 6.07) is 7.93. The number of nitrogens with zero attached hydrogens (tertiary/aromatic N) is 1. The van der Waals surface area contributed by atoms with Crippen molar-refractivity contribution in [1.82, 2.24) is 15.3 Å². The molecule has 2 aromatic rings. The number of rotatable bonds is 8. The molecule has 1 aromatic heterocycles. The highest BCUT2D eigenvalue weighted by molar-refractivity contribution is 6.27. The quantitative estimate of drug-likeness (QED) is 0.451. The molecule has 0 radical (unpaired) electrons. The van der Waals surface area contributed by atoms with Crippen LogP contribution in [0.15, 0.2) is 36.8 Å². The van der Waals surface area contributed by atoms with Crippen LogP contribution in [0.25, 0.3) is 0 Å². The van der Waals surface area contributed by atoms with Crippen molar-refractivity contribution in [2.75, 3.05) is 6.54 Å². The van der Waals surface area contributed by atoms with Gasteiger partial charge in [0.15, 0.2) is 0 Å². The van der Waals surface area contributed by atoms with Gasteiger partial charge >= 0.3 is 11.9 Å². The number of hydrogen-bond donors (Lipinski definition) is 5. The van der Waals surface area contributed by atoms with E-state index in [1.807, 2.05) is 18.3 Å². The highest BCUT2D eigenvalue weighted by atomic mass is 16.4. The third-order valence-corrected chi connectivity index (χ3v) is 3.56. The monoisotopic (exact) mass is 363 g/mol. The predicted octanol–water partition coefficient (Wildman–Crippen LogP) is 1.81. The lowest BCUT2D eigenvalue weighted by Gasteiger charge is -2.18. The molecular formula is C18H25N3O5. The van der Waals surface area contributed by atoms with Crippen LogP contribution in [-0.2, 0) is 22.4 Å². The summed E-state index contributed by atoms with van der Waals surface area (Å²) in [6.45, 7) is 3.19. The molecule has 26 heavy (non-hydrogen) atoms. The van der Waals surface area contributed by atoms with E-state index in [9.17, 15) is 5.11 Å². The number of hydrogen-bond acceptors (Lipinski definition) is 5. The van der Waals surface area contributed by atoms with E-state index in [1.54, 1.807) is 12.4 Å². The van der Waals surface area contributed by atoms with Crippen LogP contribution in [0.1, 0.15) is 31.0 Å².